The number of hydrogen-bond acceptors (Lipinski definition) is 2. The van der Waals surface area contributed by atoms with Crippen molar-refractivity contribution in [2.24, 2.45) is 0 Å². The SMILES string of the molecule is Cc1cccc(CBr)c1B(O)O. The summed E-state index contributed by atoms with van der Waals surface area (Å²) >= 11 is 3.29. The molecule has 0 aromatic heterocycles. The summed E-state index contributed by atoms with van der Waals surface area (Å²) in [5.74, 6) is 0. The van der Waals surface area contributed by atoms with Crippen LogP contribution in [0.4, 0.5) is 0 Å². The predicted molar refractivity (Wildman–Crippen MR) is 53.6 cm³/mol. The van der Waals surface area contributed by atoms with Crippen LogP contribution in [0.2, 0.25) is 0 Å². The number of halogens is 1. The Hall–Kier alpha value is -0.315. The first-order valence-corrected chi connectivity index (χ1v) is 4.79. The molecule has 1 aromatic rings. The van der Waals surface area contributed by atoms with Crippen LogP contribution in [0.15, 0.2) is 18.2 Å². The van der Waals surface area contributed by atoms with Crippen LogP contribution in [0.3, 0.4) is 0 Å². The Kier molecular flexibility index (Phi) is 3.32. The molecule has 0 aliphatic rings. The second-order valence-electron chi connectivity index (χ2n) is 2.66. The van der Waals surface area contributed by atoms with Gasteiger partial charge in [-0.25, -0.2) is 0 Å². The van der Waals surface area contributed by atoms with E-state index in [1.165, 1.54) is 0 Å². The van der Waals surface area contributed by atoms with Gasteiger partial charge < -0.3 is 10.0 Å². The fourth-order valence-corrected chi connectivity index (χ4v) is 1.72. The standard InChI is InChI=1S/C8H10BBrO2/c1-6-3-2-4-7(5-10)8(6)9(11)12/h2-4,11-12H,5H2,1H3. The third-order valence-corrected chi connectivity index (χ3v) is 2.42. The van der Waals surface area contributed by atoms with E-state index >= 15 is 0 Å². The third-order valence-electron chi connectivity index (χ3n) is 1.82. The molecule has 0 aliphatic carbocycles. The molecule has 2 nitrogen and oxygen atoms in total. The maximum Gasteiger partial charge on any atom is 0.489 e. The number of rotatable bonds is 2. The molecule has 4 heteroatoms. The van der Waals surface area contributed by atoms with Crippen LogP contribution < -0.4 is 5.46 Å². The van der Waals surface area contributed by atoms with Gasteiger partial charge in [0, 0.05) is 5.33 Å². The van der Waals surface area contributed by atoms with Gasteiger partial charge in [0.05, 0.1) is 0 Å². The summed E-state index contributed by atoms with van der Waals surface area (Å²) in [4.78, 5) is 0. The molecule has 0 radical (unpaired) electrons. The van der Waals surface area contributed by atoms with Gasteiger partial charge in [-0.15, -0.1) is 0 Å². The van der Waals surface area contributed by atoms with Gasteiger partial charge in [0.1, 0.15) is 0 Å². The minimum absolute atomic E-state index is 0.606. The minimum Gasteiger partial charge on any atom is -0.423 e. The Balaban J connectivity index is 3.20. The third kappa shape index (κ3) is 1.89. The lowest BCUT2D eigenvalue weighted by atomic mass is 9.74. The van der Waals surface area contributed by atoms with Crippen LogP contribution in [0.1, 0.15) is 11.1 Å². The zero-order valence-corrected chi connectivity index (χ0v) is 8.37. The van der Waals surface area contributed by atoms with E-state index in [4.69, 9.17) is 10.0 Å². The van der Waals surface area contributed by atoms with Gasteiger partial charge in [-0.3, -0.25) is 0 Å². The van der Waals surface area contributed by atoms with E-state index in [1.807, 2.05) is 25.1 Å². The molecule has 1 rings (SSSR count). The molecule has 2 N–H and O–H groups in total. The molecule has 0 aliphatic heterocycles. The zero-order valence-electron chi connectivity index (χ0n) is 6.79. The van der Waals surface area contributed by atoms with Gasteiger partial charge in [-0.05, 0) is 17.9 Å². The van der Waals surface area contributed by atoms with Crippen molar-refractivity contribution in [3.05, 3.63) is 29.3 Å². The van der Waals surface area contributed by atoms with Gasteiger partial charge in [-0.1, -0.05) is 39.7 Å². The molecule has 0 amide bonds. The van der Waals surface area contributed by atoms with Crippen molar-refractivity contribution in [2.45, 2.75) is 12.3 Å². The average Bonchev–Trinajstić information content (AvgIpc) is 2.03. The highest BCUT2D eigenvalue weighted by Crippen LogP contribution is 2.06. The van der Waals surface area contributed by atoms with Crippen LogP contribution in [-0.4, -0.2) is 17.2 Å². The summed E-state index contributed by atoms with van der Waals surface area (Å²) in [6, 6.07) is 5.63. The van der Waals surface area contributed by atoms with Crippen molar-refractivity contribution in [1.82, 2.24) is 0 Å². The normalized spacial score (nSPS) is 10.0. The Bertz CT molecular complexity index is 276. The highest BCUT2D eigenvalue weighted by Gasteiger charge is 2.17. The Morgan fingerprint density at radius 1 is 1.42 bits per heavy atom. The monoisotopic (exact) mass is 228 g/mol. The molecule has 64 valence electrons. The van der Waals surface area contributed by atoms with Crippen molar-refractivity contribution < 1.29 is 10.0 Å². The highest BCUT2D eigenvalue weighted by atomic mass is 79.9. The predicted octanol–water partition coefficient (Wildman–Crippen LogP) is 0.570. The Labute approximate surface area is 80.5 Å². The molecular weight excluding hydrogens is 219 g/mol. The maximum absolute atomic E-state index is 9.05. The minimum atomic E-state index is -1.38. The summed E-state index contributed by atoms with van der Waals surface area (Å²) in [5, 5.41) is 18.7. The molecule has 0 fully saturated rings. The summed E-state index contributed by atoms with van der Waals surface area (Å²) < 4.78 is 0. The van der Waals surface area contributed by atoms with Gasteiger partial charge >= 0.3 is 7.12 Å². The second-order valence-corrected chi connectivity index (χ2v) is 3.22. The van der Waals surface area contributed by atoms with Crippen LogP contribution in [-0.2, 0) is 5.33 Å². The van der Waals surface area contributed by atoms with E-state index in [-0.39, 0.29) is 0 Å². The smallest absolute Gasteiger partial charge is 0.423 e. The van der Waals surface area contributed by atoms with Crippen molar-refractivity contribution in [3.63, 3.8) is 0 Å². The lowest BCUT2D eigenvalue weighted by Crippen LogP contribution is -2.34. The van der Waals surface area contributed by atoms with Gasteiger partial charge in [0.15, 0.2) is 0 Å². The van der Waals surface area contributed by atoms with E-state index in [0.717, 1.165) is 11.1 Å². The maximum atomic E-state index is 9.05. The summed E-state index contributed by atoms with van der Waals surface area (Å²) in [6.45, 7) is 1.86. The van der Waals surface area contributed by atoms with E-state index in [2.05, 4.69) is 15.9 Å². The summed E-state index contributed by atoms with van der Waals surface area (Å²) in [6.07, 6.45) is 0. The molecule has 0 unspecified atom stereocenters. The van der Waals surface area contributed by atoms with Crippen LogP contribution in [0.5, 0.6) is 0 Å². The second kappa shape index (κ2) is 4.07. The molecule has 0 atom stereocenters. The number of alkyl halides is 1. The molecule has 0 heterocycles. The summed E-state index contributed by atoms with van der Waals surface area (Å²) in [5.41, 5.74) is 2.43. The zero-order chi connectivity index (χ0) is 9.14. The van der Waals surface area contributed by atoms with Gasteiger partial charge in [-0.2, -0.15) is 0 Å². The molecule has 0 spiro atoms. The van der Waals surface area contributed by atoms with E-state index < -0.39 is 7.12 Å². The largest absolute Gasteiger partial charge is 0.489 e. The fraction of sp³-hybridized carbons (Fsp3) is 0.250. The quantitative estimate of drug-likeness (QED) is 0.574. The van der Waals surface area contributed by atoms with Crippen LogP contribution in [0, 0.1) is 6.92 Å². The first-order valence-electron chi connectivity index (χ1n) is 3.67. The van der Waals surface area contributed by atoms with Crippen molar-refractivity contribution in [2.75, 3.05) is 0 Å². The fourth-order valence-electron chi connectivity index (χ4n) is 1.23. The molecule has 0 saturated heterocycles. The van der Waals surface area contributed by atoms with Gasteiger partial charge in [0.2, 0.25) is 0 Å². The molecule has 1 aromatic carbocycles. The van der Waals surface area contributed by atoms with Crippen LogP contribution >= 0.6 is 15.9 Å². The molecule has 0 bridgehead atoms. The summed E-state index contributed by atoms with van der Waals surface area (Å²) in [7, 11) is -1.38. The highest BCUT2D eigenvalue weighted by molar-refractivity contribution is 9.08. The Morgan fingerprint density at radius 2 is 2.08 bits per heavy atom. The van der Waals surface area contributed by atoms with Crippen LogP contribution in [0.25, 0.3) is 0 Å². The first kappa shape index (κ1) is 9.77. The van der Waals surface area contributed by atoms with E-state index in [0.29, 0.717) is 10.8 Å². The Morgan fingerprint density at radius 3 is 2.50 bits per heavy atom. The van der Waals surface area contributed by atoms with Crippen molar-refractivity contribution in [3.8, 4) is 0 Å². The molecule has 0 saturated carbocycles. The van der Waals surface area contributed by atoms with E-state index in [1.54, 1.807) is 0 Å². The lowest BCUT2D eigenvalue weighted by molar-refractivity contribution is 0.425. The van der Waals surface area contributed by atoms with Crippen molar-refractivity contribution >= 4 is 28.5 Å². The lowest BCUT2D eigenvalue weighted by Gasteiger charge is -2.08. The first-order chi connectivity index (χ1) is 5.66. The topological polar surface area (TPSA) is 40.5 Å². The average molecular weight is 229 g/mol. The number of hydrogen-bond donors (Lipinski definition) is 2. The molecule has 12 heavy (non-hydrogen) atoms. The number of aryl methyl sites for hydroxylation is 1. The molecular formula is C8H10BBrO2. The van der Waals surface area contributed by atoms with E-state index in [9.17, 15) is 0 Å². The van der Waals surface area contributed by atoms with Gasteiger partial charge in [0.25, 0.3) is 0 Å². The number of benzene rings is 1. The van der Waals surface area contributed by atoms with Crippen molar-refractivity contribution in [1.29, 1.82) is 0 Å².